The number of nitrogens with zero attached hydrogens (tertiary/aromatic N) is 3. The van der Waals surface area contributed by atoms with Crippen molar-refractivity contribution in [1.29, 1.82) is 5.26 Å². The second-order valence-corrected chi connectivity index (χ2v) is 4.75. The molecule has 0 amide bonds. The zero-order valence-corrected chi connectivity index (χ0v) is 11.2. The fraction of sp³-hybridized carbons (Fsp3) is 0.500. The summed E-state index contributed by atoms with van der Waals surface area (Å²) in [6, 6.07) is 5.71. The molecule has 0 aliphatic carbocycles. The second kappa shape index (κ2) is 5.70. The van der Waals surface area contributed by atoms with E-state index in [2.05, 4.69) is 16.0 Å². The van der Waals surface area contributed by atoms with Crippen molar-refractivity contribution in [2.45, 2.75) is 19.8 Å². The summed E-state index contributed by atoms with van der Waals surface area (Å²) in [5, 5.41) is 8.97. The van der Waals surface area contributed by atoms with Crippen LogP contribution in [-0.4, -0.2) is 31.2 Å². The lowest BCUT2D eigenvalue weighted by molar-refractivity contribution is -0.146. The van der Waals surface area contributed by atoms with Crippen molar-refractivity contribution in [3.05, 3.63) is 23.4 Å². The largest absolute Gasteiger partial charge is 0.469 e. The van der Waals surface area contributed by atoms with Gasteiger partial charge in [-0.15, -0.1) is 0 Å². The van der Waals surface area contributed by atoms with Crippen LogP contribution >= 0.6 is 0 Å². The van der Waals surface area contributed by atoms with Crippen molar-refractivity contribution in [2.24, 2.45) is 5.92 Å². The van der Waals surface area contributed by atoms with E-state index in [1.807, 2.05) is 6.92 Å². The van der Waals surface area contributed by atoms with E-state index in [4.69, 9.17) is 10.00 Å². The summed E-state index contributed by atoms with van der Waals surface area (Å²) in [5.41, 5.74) is 1.46. The number of carbonyl (C=O) groups excluding carboxylic acids is 1. The summed E-state index contributed by atoms with van der Waals surface area (Å²) in [5.74, 6) is 0.677. The molecule has 19 heavy (non-hydrogen) atoms. The van der Waals surface area contributed by atoms with Crippen molar-refractivity contribution in [2.75, 3.05) is 25.1 Å². The number of hydrogen-bond donors (Lipinski definition) is 0. The average molecular weight is 259 g/mol. The Labute approximate surface area is 112 Å². The molecule has 0 aromatic carbocycles. The van der Waals surface area contributed by atoms with Crippen LogP contribution < -0.4 is 4.90 Å². The number of nitriles is 1. The van der Waals surface area contributed by atoms with Gasteiger partial charge in [0.25, 0.3) is 0 Å². The molecule has 5 heteroatoms. The first kappa shape index (κ1) is 13.3. The number of aryl methyl sites for hydroxylation is 1. The summed E-state index contributed by atoms with van der Waals surface area (Å²) in [6.45, 7) is 3.41. The Balaban J connectivity index is 2.08. The highest BCUT2D eigenvalue weighted by Crippen LogP contribution is 2.23. The first-order valence-electron chi connectivity index (χ1n) is 6.35. The van der Waals surface area contributed by atoms with Gasteiger partial charge in [0.2, 0.25) is 0 Å². The minimum atomic E-state index is -0.130. The van der Waals surface area contributed by atoms with Crippen molar-refractivity contribution < 1.29 is 9.53 Å². The normalized spacial score (nSPS) is 15.9. The Morgan fingerprint density at radius 3 is 2.74 bits per heavy atom. The van der Waals surface area contributed by atoms with E-state index in [0.717, 1.165) is 37.4 Å². The quantitative estimate of drug-likeness (QED) is 0.755. The highest BCUT2D eigenvalue weighted by molar-refractivity contribution is 5.72. The first-order chi connectivity index (χ1) is 9.13. The van der Waals surface area contributed by atoms with Gasteiger partial charge < -0.3 is 9.64 Å². The number of rotatable bonds is 2. The number of aromatic nitrogens is 1. The molecule has 1 aliphatic rings. The fourth-order valence-electron chi connectivity index (χ4n) is 2.39. The van der Waals surface area contributed by atoms with Gasteiger partial charge in [-0.3, -0.25) is 4.79 Å². The van der Waals surface area contributed by atoms with Crippen molar-refractivity contribution >= 4 is 11.8 Å². The van der Waals surface area contributed by atoms with E-state index in [1.165, 1.54) is 7.11 Å². The molecule has 0 radical (unpaired) electrons. The molecule has 0 unspecified atom stereocenters. The lowest BCUT2D eigenvalue weighted by atomic mass is 9.97. The maximum absolute atomic E-state index is 11.5. The van der Waals surface area contributed by atoms with Crippen LogP contribution in [0.3, 0.4) is 0 Å². The Morgan fingerprint density at radius 2 is 2.16 bits per heavy atom. The maximum atomic E-state index is 11.5. The smallest absolute Gasteiger partial charge is 0.308 e. The SMILES string of the molecule is COC(=O)C1CCN(c2cc(C#N)cc(C)n2)CC1. The topological polar surface area (TPSA) is 66.2 Å². The molecular formula is C14H17N3O2. The minimum Gasteiger partial charge on any atom is -0.469 e. The van der Waals surface area contributed by atoms with Crippen LogP contribution in [0.4, 0.5) is 5.82 Å². The van der Waals surface area contributed by atoms with E-state index in [0.29, 0.717) is 5.56 Å². The van der Waals surface area contributed by atoms with E-state index >= 15 is 0 Å². The van der Waals surface area contributed by atoms with Gasteiger partial charge in [-0.2, -0.15) is 5.26 Å². The molecule has 1 aromatic rings. The lowest BCUT2D eigenvalue weighted by Gasteiger charge is -2.31. The Bertz CT molecular complexity index is 514. The van der Waals surface area contributed by atoms with E-state index in [9.17, 15) is 4.79 Å². The van der Waals surface area contributed by atoms with Crippen LogP contribution in [0.1, 0.15) is 24.1 Å². The highest BCUT2D eigenvalue weighted by atomic mass is 16.5. The Kier molecular flexibility index (Phi) is 4.00. The average Bonchev–Trinajstić information content (AvgIpc) is 2.46. The summed E-state index contributed by atoms with van der Waals surface area (Å²) in [4.78, 5) is 18.0. The predicted octanol–water partition coefficient (Wildman–Crippen LogP) is 1.65. The molecule has 2 heterocycles. The van der Waals surface area contributed by atoms with Crippen LogP contribution in [0, 0.1) is 24.2 Å². The van der Waals surface area contributed by atoms with Crippen molar-refractivity contribution in [3.8, 4) is 6.07 Å². The van der Waals surface area contributed by atoms with Crippen LogP contribution in [0.25, 0.3) is 0 Å². The van der Waals surface area contributed by atoms with Crippen LogP contribution in [-0.2, 0) is 9.53 Å². The second-order valence-electron chi connectivity index (χ2n) is 4.75. The van der Waals surface area contributed by atoms with Gasteiger partial charge in [-0.1, -0.05) is 0 Å². The molecule has 1 aromatic heterocycles. The molecule has 0 N–H and O–H groups in total. The summed E-state index contributed by atoms with van der Waals surface area (Å²) >= 11 is 0. The Morgan fingerprint density at radius 1 is 1.47 bits per heavy atom. The first-order valence-corrected chi connectivity index (χ1v) is 6.35. The number of esters is 1. The van der Waals surface area contributed by atoms with Crippen LogP contribution in [0.2, 0.25) is 0 Å². The fourth-order valence-corrected chi connectivity index (χ4v) is 2.39. The molecule has 2 rings (SSSR count). The van der Waals surface area contributed by atoms with Gasteiger partial charge in [-0.25, -0.2) is 4.98 Å². The third-order valence-corrected chi connectivity index (χ3v) is 3.42. The molecule has 1 saturated heterocycles. The molecule has 0 saturated carbocycles. The monoisotopic (exact) mass is 259 g/mol. The van der Waals surface area contributed by atoms with Gasteiger partial charge in [0, 0.05) is 18.8 Å². The number of carbonyl (C=O) groups is 1. The Hall–Kier alpha value is -2.09. The molecule has 1 aliphatic heterocycles. The zero-order valence-electron chi connectivity index (χ0n) is 11.2. The van der Waals surface area contributed by atoms with Crippen LogP contribution in [0.15, 0.2) is 12.1 Å². The maximum Gasteiger partial charge on any atom is 0.308 e. The number of methoxy groups -OCH3 is 1. The summed E-state index contributed by atoms with van der Waals surface area (Å²) in [7, 11) is 1.43. The third kappa shape index (κ3) is 3.02. The molecule has 1 fully saturated rings. The summed E-state index contributed by atoms with van der Waals surface area (Å²) < 4.78 is 4.77. The number of pyridine rings is 1. The van der Waals surface area contributed by atoms with Gasteiger partial charge in [-0.05, 0) is 31.9 Å². The lowest BCUT2D eigenvalue weighted by Crippen LogP contribution is -2.37. The molecule has 0 atom stereocenters. The van der Waals surface area contributed by atoms with Gasteiger partial charge in [0.15, 0.2) is 0 Å². The number of ether oxygens (including phenoxy) is 1. The number of anilines is 1. The third-order valence-electron chi connectivity index (χ3n) is 3.42. The van der Waals surface area contributed by atoms with Crippen molar-refractivity contribution in [1.82, 2.24) is 4.98 Å². The van der Waals surface area contributed by atoms with Crippen LogP contribution in [0.5, 0.6) is 0 Å². The van der Waals surface area contributed by atoms with Crippen molar-refractivity contribution in [3.63, 3.8) is 0 Å². The number of piperidine rings is 1. The molecule has 5 nitrogen and oxygen atoms in total. The standard InChI is InChI=1S/C14H17N3O2/c1-10-7-11(9-15)8-13(16-10)17-5-3-12(4-6-17)14(18)19-2/h7-8,12H,3-6H2,1-2H3. The van der Waals surface area contributed by atoms with E-state index in [-0.39, 0.29) is 11.9 Å². The van der Waals surface area contributed by atoms with E-state index in [1.54, 1.807) is 12.1 Å². The summed E-state index contributed by atoms with van der Waals surface area (Å²) in [6.07, 6.45) is 1.54. The van der Waals surface area contributed by atoms with Gasteiger partial charge >= 0.3 is 5.97 Å². The molecule has 100 valence electrons. The predicted molar refractivity (Wildman–Crippen MR) is 70.6 cm³/mol. The van der Waals surface area contributed by atoms with Gasteiger partial charge in [0.1, 0.15) is 5.82 Å². The van der Waals surface area contributed by atoms with Gasteiger partial charge in [0.05, 0.1) is 24.7 Å². The minimum absolute atomic E-state index is 0.0125. The zero-order chi connectivity index (χ0) is 13.8. The molecule has 0 spiro atoms. The molecular weight excluding hydrogens is 242 g/mol. The molecule has 0 bridgehead atoms. The number of hydrogen-bond acceptors (Lipinski definition) is 5. The highest BCUT2D eigenvalue weighted by Gasteiger charge is 2.26. The van der Waals surface area contributed by atoms with E-state index < -0.39 is 0 Å².